The third kappa shape index (κ3) is 3.45. The maximum absolute atomic E-state index is 11.8. The lowest BCUT2D eigenvalue weighted by Gasteiger charge is -2.12. The van der Waals surface area contributed by atoms with Crippen molar-refractivity contribution in [3.8, 4) is 5.75 Å². The molecule has 0 spiro atoms. The molecule has 0 unspecified atom stereocenters. The standard InChI is InChI=1S/C15H20O2/c1-6-7-11(3)15(16)17-14-12(4)8-10(2)9-13(14)5/h8-9H,3,6-7H2,1-2,4-5H3. The van der Waals surface area contributed by atoms with Crippen LogP contribution in [-0.4, -0.2) is 5.97 Å². The van der Waals surface area contributed by atoms with Crippen LogP contribution in [0.15, 0.2) is 24.3 Å². The molecule has 0 aliphatic heterocycles. The molecule has 1 aromatic rings. The largest absolute Gasteiger partial charge is 0.423 e. The predicted molar refractivity (Wildman–Crippen MR) is 70.3 cm³/mol. The second kappa shape index (κ2) is 5.67. The highest BCUT2D eigenvalue weighted by Gasteiger charge is 2.12. The van der Waals surface area contributed by atoms with Gasteiger partial charge in [-0.15, -0.1) is 0 Å². The molecule has 0 radical (unpaired) electrons. The van der Waals surface area contributed by atoms with Gasteiger partial charge in [-0.25, -0.2) is 4.79 Å². The Labute approximate surface area is 103 Å². The normalized spacial score (nSPS) is 10.1. The van der Waals surface area contributed by atoms with Gasteiger partial charge in [0.15, 0.2) is 0 Å². The molecule has 0 saturated carbocycles. The van der Waals surface area contributed by atoms with E-state index < -0.39 is 0 Å². The summed E-state index contributed by atoms with van der Waals surface area (Å²) in [6.07, 6.45) is 1.59. The summed E-state index contributed by atoms with van der Waals surface area (Å²) in [6, 6.07) is 4.02. The van der Waals surface area contributed by atoms with Crippen molar-refractivity contribution in [3.63, 3.8) is 0 Å². The van der Waals surface area contributed by atoms with E-state index in [9.17, 15) is 4.79 Å². The highest BCUT2D eigenvalue weighted by molar-refractivity contribution is 5.89. The van der Waals surface area contributed by atoms with Crippen molar-refractivity contribution in [1.82, 2.24) is 0 Å². The highest BCUT2D eigenvalue weighted by atomic mass is 16.5. The molecule has 0 aromatic heterocycles. The Bertz CT molecular complexity index is 421. The fourth-order valence-electron chi connectivity index (χ4n) is 1.90. The lowest BCUT2D eigenvalue weighted by molar-refractivity contribution is -0.130. The number of esters is 1. The average molecular weight is 232 g/mol. The number of benzene rings is 1. The minimum atomic E-state index is -0.318. The summed E-state index contributed by atoms with van der Waals surface area (Å²) < 4.78 is 5.41. The van der Waals surface area contributed by atoms with Crippen LogP contribution in [0.25, 0.3) is 0 Å². The fraction of sp³-hybridized carbons (Fsp3) is 0.400. The molecule has 0 atom stereocenters. The van der Waals surface area contributed by atoms with Gasteiger partial charge in [0.2, 0.25) is 0 Å². The molecule has 0 heterocycles. The van der Waals surface area contributed by atoms with Gasteiger partial charge in [0.05, 0.1) is 0 Å². The van der Waals surface area contributed by atoms with E-state index in [0.717, 1.165) is 17.5 Å². The van der Waals surface area contributed by atoms with Gasteiger partial charge in [0, 0.05) is 5.57 Å². The van der Waals surface area contributed by atoms with E-state index in [0.29, 0.717) is 17.7 Å². The molecule has 0 saturated heterocycles. The summed E-state index contributed by atoms with van der Waals surface area (Å²) in [5.41, 5.74) is 3.68. The van der Waals surface area contributed by atoms with Gasteiger partial charge < -0.3 is 4.74 Å². The molecular weight excluding hydrogens is 212 g/mol. The molecule has 17 heavy (non-hydrogen) atoms. The SMILES string of the molecule is C=C(CCC)C(=O)Oc1c(C)cc(C)cc1C. The van der Waals surface area contributed by atoms with E-state index in [1.807, 2.05) is 39.8 Å². The molecular formula is C15H20O2. The summed E-state index contributed by atoms with van der Waals surface area (Å²) in [5, 5.41) is 0. The number of hydrogen-bond acceptors (Lipinski definition) is 2. The van der Waals surface area contributed by atoms with Gasteiger partial charge in [-0.1, -0.05) is 37.6 Å². The van der Waals surface area contributed by atoms with Crippen LogP contribution in [0.5, 0.6) is 5.75 Å². The monoisotopic (exact) mass is 232 g/mol. The van der Waals surface area contributed by atoms with Crippen LogP contribution in [0.4, 0.5) is 0 Å². The topological polar surface area (TPSA) is 26.3 Å². The lowest BCUT2D eigenvalue weighted by atomic mass is 10.1. The number of carbonyl (C=O) groups is 1. The van der Waals surface area contributed by atoms with Gasteiger partial charge in [-0.3, -0.25) is 0 Å². The van der Waals surface area contributed by atoms with E-state index in [-0.39, 0.29) is 5.97 Å². The first kappa shape index (κ1) is 13.5. The molecule has 2 heteroatoms. The van der Waals surface area contributed by atoms with Crippen LogP contribution < -0.4 is 4.74 Å². The van der Waals surface area contributed by atoms with Gasteiger partial charge in [0.25, 0.3) is 0 Å². The minimum Gasteiger partial charge on any atom is -0.423 e. The lowest BCUT2D eigenvalue weighted by Crippen LogP contribution is -2.12. The van der Waals surface area contributed by atoms with Crippen LogP contribution in [0.3, 0.4) is 0 Å². The summed E-state index contributed by atoms with van der Waals surface area (Å²) in [7, 11) is 0. The van der Waals surface area contributed by atoms with Crippen LogP contribution in [0.2, 0.25) is 0 Å². The van der Waals surface area contributed by atoms with E-state index in [2.05, 4.69) is 6.58 Å². The molecule has 1 aromatic carbocycles. The van der Waals surface area contributed by atoms with Crippen molar-refractivity contribution >= 4 is 5.97 Å². The molecule has 0 aliphatic rings. The Balaban J connectivity index is 2.89. The third-order valence-electron chi connectivity index (χ3n) is 2.64. The minimum absolute atomic E-state index is 0.318. The molecule has 0 N–H and O–H groups in total. The maximum Gasteiger partial charge on any atom is 0.338 e. The smallest absolute Gasteiger partial charge is 0.338 e. The zero-order chi connectivity index (χ0) is 13.0. The van der Waals surface area contributed by atoms with E-state index in [1.165, 1.54) is 5.56 Å². The zero-order valence-corrected chi connectivity index (χ0v) is 11.1. The molecule has 0 fully saturated rings. The second-order valence-electron chi connectivity index (χ2n) is 4.47. The first-order valence-corrected chi connectivity index (χ1v) is 5.93. The maximum atomic E-state index is 11.8. The van der Waals surface area contributed by atoms with E-state index >= 15 is 0 Å². The van der Waals surface area contributed by atoms with Crippen molar-refractivity contribution in [2.24, 2.45) is 0 Å². The Hall–Kier alpha value is -1.57. The van der Waals surface area contributed by atoms with Gasteiger partial charge in [0.1, 0.15) is 5.75 Å². The molecule has 0 amide bonds. The molecule has 2 nitrogen and oxygen atoms in total. The zero-order valence-electron chi connectivity index (χ0n) is 11.1. The van der Waals surface area contributed by atoms with Crippen molar-refractivity contribution in [1.29, 1.82) is 0 Å². The third-order valence-corrected chi connectivity index (χ3v) is 2.64. The van der Waals surface area contributed by atoms with Crippen LogP contribution >= 0.6 is 0 Å². The number of carbonyl (C=O) groups excluding carboxylic acids is 1. The van der Waals surface area contributed by atoms with Crippen LogP contribution in [0.1, 0.15) is 36.5 Å². The summed E-state index contributed by atoms with van der Waals surface area (Å²) in [6.45, 7) is 11.7. The predicted octanol–water partition coefficient (Wildman–Crippen LogP) is 3.87. The number of aryl methyl sites for hydroxylation is 3. The summed E-state index contributed by atoms with van der Waals surface area (Å²) in [4.78, 5) is 11.8. The first-order valence-electron chi connectivity index (χ1n) is 5.93. The number of hydrogen-bond donors (Lipinski definition) is 0. The van der Waals surface area contributed by atoms with Crippen molar-refractivity contribution in [2.45, 2.75) is 40.5 Å². The Morgan fingerprint density at radius 2 is 1.76 bits per heavy atom. The van der Waals surface area contributed by atoms with E-state index in [4.69, 9.17) is 4.74 Å². The van der Waals surface area contributed by atoms with Gasteiger partial charge >= 0.3 is 5.97 Å². The van der Waals surface area contributed by atoms with Crippen molar-refractivity contribution in [2.75, 3.05) is 0 Å². The summed E-state index contributed by atoms with van der Waals surface area (Å²) >= 11 is 0. The fourth-order valence-corrected chi connectivity index (χ4v) is 1.90. The highest BCUT2D eigenvalue weighted by Crippen LogP contribution is 2.25. The molecule has 0 bridgehead atoms. The van der Waals surface area contributed by atoms with Crippen LogP contribution in [0, 0.1) is 20.8 Å². The first-order chi connectivity index (χ1) is 7.95. The average Bonchev–Trinajstić information content (AvgIpc) is 2.23. The Morgan fingerprint density at radius 3 is 2.24 bits per heavy atom. The Kier molecular flexibility index (Phi) is 4.50. The second-order valence-corrected chi connectivity index (χ2v) is 4.47. The van der Waals surface area contributed by atoms with Crippen molar-refractivity contribution < 1.29 is 9.53 Å². The quantitative estimate of drug-likeness (QED) is 0.447. The molecule has 0 aliphatic carbocycles. The summed E-state index contributed by atoms with van der Waals surface area (Å²) in [5.74, 6) is 0.347. The van der Waals surface area contributed by atoms with Gasteiger partial charge in [-0.2, -0.15) is 0 Å². The van der Waals surface area contributed by atoms with Crippen molar-refractivity contribution in [3.05, 3.63) is 41.0 Å². The number of ether oxygens (including phenoxy) is 1. The number of rotatable bonds is 4. The van der Waals surface area contributed by atoms with Gasteiger partial charge in [-0.05, 0) is 38.3 Å². The molecule has 1 rings (SSSR count). The Morgan fingerprint density at radius 1 is 1.24 bits per heavy atom. The molecule has 92 valence electrons. The van der Waals surface area contributed by atoms with Crippen LogP contribution in [-0.2, 0) is 4.79 Å². The van der Waals surface area contributed by atoms with E-state index in [1.54, 1.807) is 0 Å².